The maximum absolute atomic E-state index is 12.8. The molecule has 0 spiro atoms. The summed E-state index contributed by atoms with van der Waals surface area (Å²) in [5.74, 6) is 0.762. The zero-order valence-corrected chi connectivity index (χ0v) is 19.8. The largest absolute Gasteiger partial charge is 0.383 e. The molecule has 0 unspecified atom stereocenters. The number of hydrogen-bond donors (Lipinski definition) is 3. The van der Waals surface area contributed by atoms with E-state index in [-0.39, 0.29) is 17.1 Å². The molecule has 170 valence electrons. The first-order valence-corrected chi connectivity index (χ1v) is 11.3. The zero-order valence-electron chi connectivity index (χ0n) is 18.2. The van der Waals surface area contributed by atoms with Crippen LogP contribution in [0.25, 0.3) is 11.0 Å². The number of methoxy groups -OCH3 is 1. The van der Waals surface area contributed by atoms with E-state index in [0.717, 1.165) is 12.1 Å². The fraction of sp³-hybridized carbons (Fsp3) is 0.381. The molecule has 0 aliphatic heterocycles. The molecule has 2 heterocycles. The van der Waals surface area contributed by atoms with Gasteiger partial charge in [-0.2, -0.15) is 0 Å². The van der Waals surface area contributed by atoms with E-state index in [1.54, 1.807) is 19.2 Å². The summed E-state index contributed by atoms with van der Waals surface area (Å²) in [7, 11) is 1.60. The highest BCUT2D eigenvalue weighted by Gasteiger charge is 2.16. The summed E-state index contributed by atoms with van der Waals surface area (Å²) in [4.78, 5) is 37.4. The van der Waals surface area contributed by atoms with Gasteiger partial charge in [-0.05, 0) is 24.1 Å². The maximum atomic E-state index is 12.8. The van der Waals surface area contributed by atoms with Gasteiger partial charge < -0.3 is 19.9 Å². The molecule has 0 radical (unpaired) electrons. The molecule has 0 aliphatic carbocycles. The van der Waals surface area contributed by atoms with Gasteiger partial charge in [0.15, 0.2) is 0 Å². The highest BCUT2D eigenvalue weighted by Crippen LogP contribution is 2.24. The van der Waals surface area contributed by atoms with E-state index in [1.807, 2.05) is 10.6 Å². The number of nitrogens with one attached hydrogen (secondary N) is 3. The minimum atomic E-state index is -0.373. The number of imidazole rings is 1. The fourth-order valence-corrected chi connectivity index (χ4v) is 3.05. The summed E-state index contributed by atoms with van der Waals surface area (Å²) in [6.07, 6.45) is 2.95. The van der Waals surface area contributed by atoms with Gasteiger partial charge in [-0.1, -0.05) is 29.8 Å². The number of halogens is 1. The van der Waals surface area contributed by atoms with E-state index in [0.29, 0.717) is 47.7 Å². The van der Waals surface area contributed by atoms with Crippen LogP contribution in [0.15, 0.2) is 30.6 Å². The van der Waals surface area contributed by atoms with Crippen molar-refractivity contribution in [1.82, 2.24) is 19.5 Å². The molecular formula is C21H26BrN7O3. The molecule has 10 nitrogen and oxygen atoms in total. The molecule has 2 amide bonds. The summed E-state index contributed by atoms with van der Waals surface area (Å²) < 4.78 is 7.04. The Morgan fingerprint density at radius 3 is 2.59 bits per heavy atom. The van der Waals surface area contributed by atoms with Crippen LogP contribution < -0.4 is 16.0 Å². The lowest BCUT2D eigenvalue weighted by molar-refractivity contribution is -0.113. The first kappa shape index (κ1) is 23.6. The van der Waals surface area contributed by atoms with Gasteiger partial charge in [-0.15, -0.1) is 0 Å². The van der Waals surface area contributed by atoms with Crippen LogP contribution in [0.1, 0.15) is 24.2 Å². The van der Waals surface area contributed by atoms with Crippen molar-refractivity contribution < 1.29 is 14.3 Å². The van der Waals surface area contributed by atoms with Crippen molar-refractivity contribution in [3.63, 3.8) is 0 Å². The van der Waals surface area contributed by atoms with Crippen LogP contribution in [0.4, 0.5) is 17.6 Å². The summed E-state index contributed by atoms with van der Waals surface area (Å²) in [5.41, 5.74) is 2.39. The lowest BCUT2D eigenvalue weighted by atomic mass is 10.2. The van der Waals surface area contributed by atoms with Crippen molar-refractivity contribution in [3.8, 4) is 0 Å². The van der Waals surface area contributed by atoms with Crippen molar-refractivity contribution >= 4 is 56.4 Å². The fourth-order valence-electron chi connectivity index (χ4n) is 2.90. The van der Waals surface area contributed by atoms with Gasteiger partial charge in [0.05, 0.1) is 28.5 Å². The Kier molecular flexibility index (Phi) is 8.12. The van der Waals surface area contributed by atoms with E-state index >= 15 is 0 Å². The number of nitrogens with zero attached hydrogens (tertiary/aromatic N) is 4. The molecule has 0 atom stereocenters. The molecule has 3 rings (SSSR count). The van der Waals surface area contributed by atoms with Gasteiger partial charge in [0.1, 0.15) is 0 Å². The predicted molar refractivity (Wildman–Crippen MR) is 127 cm³/mol. The smallest absolute Gasteiger partial charge is 0.261 e. The van der Waals surface area contributed by atoms with Crippen molar-refractivity contribution in [2.45, 2.75) is 20.4 Å². The molecule has 0 saturated heterocycles. The first-order valence-electron chi connectivity index (χ1n) is 10.1. The Morgan fingerprint density at radius 2 is 1.94 bits per heavy atom. The predicted octanol–water partition coefficient (Wildman–Crippen LogP) is 3.13. The third-order valence-corrected chi connectivity index (χ3v) is 4.99. The number of aromatic nitrogens is 4. The third kappa shape index (κ3) is 6.01. The second-order valence-electron chi connectivity index (χ2n) is 7.49. The summed E-state index contributed by atoms with van der Waals surface area (Å²) in [5, 5.41) is 8.94. The van der Waals surface area contributed by atoms with Crippen molar-refractivity contribution in [3.05, 3.63) is 36.2 Å². The maximum Gasteiger partial charge on any atom is 0.261 e. The van der Waals surface area contributed by atoms with Gasteiger partial charge in [-0.3, -0.25) is 14.9 Å². The molecule has 11 heteroatoms. The number of alkyl halides is 1. The van der Waals surface area contributed by atoms with Crippen LogP contribution in [0.3, 0.4) is 0 Å². The van der Waals surface area contributed by atoms with Gasteiger partial charge in [-0.25, -0.2) is 15.0 Å². The molecule has 0 saturated carbocycles. The molecule has 0 aliphatic rings. The minimum absolute atomic E-state index is 0.160. The van der Waals surface area contributed by atoms with E-state index in [2.05, 4.69) is 60.7 Å². The van der Waals surface area contributed by atoms with Crippen molar-refractivity contribution in [2.24, 2.45) is 5.92 Å². The highest BCUT2D eigenvalue weighted by molar-refractivity contribution is 9.09. The Bertz CT molecular complexity index is 1080. The number of rotatable bonds is 10. The quantitative estimate of drug-likeness (QED) is 0.363. The second kappa shape index (κ2) is 11.0. The SMILES string of the molecule is COCCn1c(NC(=O)c2cnc(NCC(C)C)nc2)nc2ccc(NC(=O)CBr)cc21. The number of carbonyl (C=O) groups is 2. The van der Waals surface area contributed by atoms with E-state index in [9.17, 15) is 9.59 Å². The number of anilines is 3. The number of benzene rings is 1. The first-order chi connectivity index (χ1) is 15.4. The molecule has 1 aromatic carbocycles. The summed E-state index contributed by atoms with van der Waals surface area (Å²) in [6.45, 7) is 5.80. The molecule has 2 aromatic heterocycles. The number of amides is 2. The van der Waals surface area contributed by atoms with Crippen LogP contribution in [-0.4, -0.2) is 56.9 Å². The lowest BCUT2D eigenvalue weighted by Gasteiger charge is -2.11. The Morgan fingerprint density at radius 1 is 1.19 bits per heavy atom. The molecule has 32 heavy (non-hydrogen) atoms. The number of hydrogen-bond acceptors (Lipinski definition) is 7. The van der Waals surface area contributed by atoms with Crippen LogP contribution in [0.2, 0.25) is 0 Å². The number of fused-ring (bicyclic) bond motifs is 1. The van der Waals surface area contributed by atoms with E-state index in [1.165, 1.54) is 12.4 Å². The molecule has 0 fully saturated rings. The molecule has 3 N–H and O–H groups in total. The molecule has 3 aromatic rings. The van der Waals surface area contributed by atoms with E-state index in [4.69, 9.17) is 4.74 Å². The van der Waals surface area contributed by atoms with Gasteiger partial charge in [0.25, 0.3) is 5.91 Å². The van der Waals surface area contributed by atoms with Crippen molar-refractivity contribution in [2.75, 3.05) is 41.5 Å². The Balaban J connectivity index is 1.83. The number of ether oxygens (including phenoxy) is 1. The lowest BCUT2D eigenvalue weighted by Crippen LogP contribution is -2.18. The number of carbonyl (C=O) groups excluding carboxylic acids is 2. The molecular weight excluding hydrogens is 478 g/mol. The summed E-state index contributed by atoms with van der Waals surface area (Å²) >= 11 is 3.14. The van der Waals surface area contributed by atoms with Crippen LogP contribution in [0, 0.1) is 5.92 Å². The highest BCUT2D eigenvalue weighted by atomic mass is 79.9. The minimum Gasteiger partial charge on any atom is -0.383 e. The van der Waals surface area contributed by atoms with Crippen molar-refractivity contribution in [1.29, 1.82) is 0 Å². The van der Waals surface area contributed by atoms with E-state index < -0.39 is 0 Å². The zero-order chi connectivity index (χ0) is 23.1. The van der Waals surface area contributed by atoms with Gasteiger partial charge in [0, 0.05) is 38.3 Å². The Labute approximate surface area is 194 Å². The topological polar surface area (TPSA) is 123 Å². The Hall–Kier alpha value is -3.05. The summed E-state index contributed by atoms with van der Waals surface area (Å²) in [6, 6.07) is 5.36. The standard InChI is InChI=1S/C21H26BrN7O3/c1-13(2)10-23-20-24-11-14(12-25-20)19(31)28-21-27-16-5-4-15(26-18(30)9-22)8-17(16)29(21)6-7-32-3/h4-5,8,11-13H,6-7,9-10H2,1-3H3,(H,26,30)(H,23,24,25)(H,27,28,31). The average Bonchev–Trinajstić information content (AvgIpc) is 3.12. The molecule has 0 bridgehead atoms. The normalized spacial score (nSPS) is 11.0. The van der Waals surface area contributed by atoms with Crippen LogP contribution in [0.5, 0.6) is 0 Å². The monoisotopic (exact) mass is 503 g/mol. The van der Waals surface area contributed by atoms with Crippen LogP contribution in [-0.2, 0) is 16.1 Å². The third-order valence-electron chi connectivity index (χ3n) is 4.48. The second-order valence-corrected chi connectivity index (χ2v) is 8.05. The van der Waals surface area contributed by atoms with Gasteiger partial charge in [0.2, 0.25) is 17.8 Å². The average molecular weight is 504 g/mol. The van der Waals surface area contributed by atoms with Gasteiger partial charge >= 0.3 is 0 Å². The van der Waals surface area contributed by atoms with Crippen LogP contribution >= 0.6 is 15.9 Å².